The highest BCUT2D eigenvalue weighted by Gasteiger charge is 2.62. The van der Waals surface area contributed by atoms with Crippen LogP contribution in [-0.4, -0.2) is 35.1 Å². The van der Waals surface area contributed by atoms with Crippen LogP contribution in [0.5, 0.6) is 0 Å². The van der Waals surface area contributed by atoms with Gasteiger partial charge in [-0.25, -0.2) is 4.79 Å². The number of carbonyl (C=O) groups excluding carboxylic acids is 3. The van der Waals surface area contributed by atoms with Gasteiger partial charge in [-0.05, 0) is 6.92 Å². The van der Waals surface area contributed by atoms with E-state index in [1.54, 1.807) is 12.2 Å². The van der Waals surface area contributed by atoms with Crippen molar-refractivity contribution in [2.24, 2.45) is 11.8 Å². The third-order valence-corrected chi connectivity index (χ3v) is 3.39. The molecule has 0 saturated carbocycles. The molecule has 0 radical (unpaired) electrons. The minimum absolute atomic E-state index is 0.130. The Bertz CT molecular complexity index is 479. The molecule has 0 aromatic heterocycles. The lowest BCUT2D eigenvalue weighted by molar-refractivity contribution is -0.197. The number of carbonyl (C=O) groups is 3. The van der Waals surface area contributed by atoms with Gasteiger partial charge in [0.25, 0.3) is 11.8 Å². The average Bonchev–Trinajstić information content (AvgIpc) is 2.98. The number of fused-ring (bicyclic) bond motifs is 5. The number of nitrogens with zero attached hydrogens (tertiary/aromatic N) is 1. The summed E-state index contributed by atoms with van der Waals surface area (Å²) >= 11 is 0. The highest BCUT2D eigenvalue weighted by atomic mass is 16.7. The first-order valence-electron chi connectivity index (χ1n) is 5.60. The smallest absolute Gasteiger partial charge is 0.359 e. The summed E-state index contributed by atoms with van der Waals surface area (Å²) < 4.78 is 5.44. The summed E-state index contributed by atoms with van der Waals surface area (Å²) in [5.74, 6) is -2.94. The second-order valence-corrected chi connectivity index (χ2v) is 4.63. The predicted octanol–water partition coefficient (Wildman–Crippen LogP) is -0.0409. The van der Waals surface area contributed by atoms with Crippen LogP contribution in [0.15, 0.2) is 24.3 Å². The molecule has 0 N–H and O–H groups in total. The zero-order chi connectivity index (χ0) is 13.0. The predicted molar refractivity (Wildman–Crippen MR) is 57.5 cm³/mol. The fourth-order valence-electron chi connectivity index (χ4n) is 2.53. The van der Waals surface area contributed by atoms with Gasteiger partial charge in [-0.2, -0.15) is 0 Å². The van der Waals surface area contributed by atoms with Gasteiger partial charge in [-0.3, -0.25) is 9.59 Å². The lowest BCUT2D eigenvalue weighted by atomic mass is 9.85. The number of amides is 2. The molecule has 6 heteroatoms. The monoisotopic (exact) mass is 249 g/mol. The summed E-state index contributed by atoms with van der Waals surface area (Å²) in [5, 5.41) is 0.557. The fourth-order valence-corrected chi connectivity index (χ4v) is 2.53. The van der Waals surface area contributed by atoms with E-state index in [1.807, 2.05) is 0 Å². The second kappa shape index (κ2) is 3.52. The molecule has 0 spiro atoms. The van der Waals surface area contributed by atoms with Crippen molar-refractivity contribution in [3.63, 3.8) is 0 Å². The molecule has 2 bridgehead atoms. The fraction of sp³-hybridized carbons (Fsp3) is 0.417. The Labute approximate surface area is 103 Å². The summed E-state index contributed by atoms with van der Waals surface area (Å²) in [7, 11) is 0. The molecule has 18 heavy (non-hydrogen) atoms. The molecule has 0 aromatic rings. The Hall–Kier alpha value is -1.95. The normalized spacial score (nSPS) is 36.2. The van der Waals surface area contributed by atoms with Gasteiger partial charge in [0.05, 0.1) is 24.0 Å². The molecule has 0 aliphatic carbocycles. The Kier molecular flexibility index (Phi) is 2.18. The highest BCUT2D eigenvalue weighted by molar-refractivity contribution is 6.06. The molecule has 2 saturated heterocycles. The van der Waals surface area contributed by atoms with Gasteiger partial charge in [-0.1, -0.05) is 18.7 Å². The molecular weight excluding hydrogens is 238 g/mol. The molecule has 2 fully saturated rings. The molecule has 3 aliphatic rings. The van der Waals surface area contributed by atoms with Crippen molar-refractivity contribution in [1.82, 2.24) is 5.06 Å². The van der Waals surface area contributed by atoms with Gasteiger partial charge in [0.15, 0.2) is 0 Å². The van der Waals surface area contributed by atoms with Crippen molar-refractivity contribution in [3.05, 3.63) is 24.3 Å². The van der Waals surface area contributed by atoms with Crippen LogP contribution in [0.25, 0.3) is 0 Å². The van der Waals surface area contributed by atoms with Gasteiger partial charge in [0.1, 0.15) is 0 Å². The lowest BCUT2D eigenvalue weighted by Crippen LogP contribution is -2.36. The van der Waals surface area contributed by atoms with E-state index in [-0.39, 0.29) is 17.8 Å². The van der Waals surface area contributed by atoms with Gasteiger partial charge < -0.3 is 9.57 Å². The molecule has 3 aliphatic heterocycles. The number of rotatable bonds is 2. The minimum atomic E-state index is -0.780. The summed E-state index contributed by atoms with van der Waals surface area (Å²) in [6.07, 6.45) is 2.76. The molecule has 3 heterocycles. The Morgan fingerprint density at radius 2 is 1.78 bits per heavy atom. The third kappa shape index (κ3) is 1.29. The van der Waals surface area contributed by atoms with Crippen LogP contribution >= 0.6 is 0 Å². The van der Waals surface area contributed by atoms with Crippen molar-refractivity contribution in [3.8, 4) is 0 Å². The van der Waals surface area contributed by atoms with E-state index in [0.29, 0.717) is 5.06 Å². The molecule has 4 unspecified atom stereocenters. The third-order valence-electron chi connectivity index (χ3n) is 3.39. The summed E-state index contributed by atoms with van der Waals surface area (Å²) in [6, 6.07) is 0. The minimum Gasteiger partial charge on any atom is -0.365 e. The molecule has 0 aromatic carbocycles. The SMILES string of the molecule is C=C(C)C(=O)ON1C(=O)C2C3C=CC(O3)C2C1=O. The standard InChI is InChI=1S/C12H11NO5/c1-5(2)12(16)18-13-10(14)8-6-3-4-7(17-6)9(8)11(13)15/h3-4,6-9H,1H2,2H3. The Morgan fingerprint density at radius 3 is 2.22 bits per heavy atom. The Balaban J connectivity index is 1.84. The van der Waals surface area contributed by atoms with Crippen LogP contribution < -0.4 is 0 Å². The second-order valence-electron chi connectivity index (χ2n) is 4.63. The van der Waals surface area contributed by atoms with Crippen LogP contribution in [-0.2, 0) is 24.0 Å². The van der Waals surface area contributed by atoms with E-state index >= 15 is 0 Å². The van der Waals surface area contributed by atoms with E-state index < -0.39 is 29.6 Å². The van der Waals surface area contributed by atoms with Crippen LogP contribution in [0, 0.1) is 11.8 Å². The number of ether oxygens (including phenoxy) is 1. The first kappa shape index (κ1) is 11.2. The van der Waals surface area contributed by atoms with Crippen molar-refractivity contribution >= 4 is 17.8 Å². The van der Waals surface area contributed by atoms with Crippen LogP contribution in [0.1, 0.15) is 6.92 Å². The van der Waals surface area contributed by atoms with Crippen LogP contribution in [0.3, 0.4) is 0 Å². The first-order chi connectivity index (χ1) is 8.50. The summed E-state index contributed by atoms with van der Waals surface area (Å²) in [5.41, 5.74) is 0.130. The number of hydrogen-bond donors (Lipinski definition) is 0. The Morgan fingerprint density at radius 1 is 1.28 bits per heavy atom. The van der Waals surface area contributed by atoms with Crippen molar-refractivity contribution in [2.75, 3.05) is 0 Å². The maximum Gasteiger partial charge on any atom is 0.359 e. The van der Waals surface area contributed by atoms with Gasteiger partial charge in [-0.15, -0.1) is 5.06 Å². The van der Waals surface area contributed by atoms with Crippen molar-refractivity contribution in [2.45, 2.75) is 19.1 Å². The van der Waals surface area contributed by atoms with Crippen molar-refractivity contribution < 1.29 is 24.0 Å². The average molecular weight is 249 g/mol. The summed E-state index contributed by atoms with van der Waals surface area (Å²) in [4.78, 5) is 40.2. The maximum atomic E-state index is 12.0. The van der Waals surface area contributed by atoms with E-state index in [4.69, 9.17) is 9.57 Å². The highest BCUT2D eigenvalue weighted by Crippen LogP contribution is 2.45. The topological polar surface area (TPSA) is 72.9 Å². The zero-order valence-corrected chi connectivity index (χ0v) is 9.66. The number of hydrogen-bond acceptors (Lipinski definition) is 5. The molecule has 2 amide bonds. The van der Waals surface area contributed by atoms with Crippen LogP contribution in [0.2, 0.25) is 0 Å². The lowest BCUT2D eigenvalue weighted by Gasteiger charge is -2.15. The number of hydroxylamine groups is 2. The molecule has 3 rings (SSSR count). The van der Waals surface area contributed by atoms with Gasteiger partial charge in [0, 0.05) is 5.57 Å². The van der Waals surface area contributed by atoms with Crippen LogP contribution in [0.4, 0.5) is 0 Å². The summed E-state index contributed by atoms with van der Waals surface area (Å²) in [6.45, 7) is 4.85. The van der Waals surface area contributed by atoms with Crippen molar-refractivity contribution in [1.29, 1.82) is 0 Å². The molecular formula is C12H11NO5. The van der Waals surface area contributed by atoms with Gasteiger partial charge in [0.2, 0.25) is 0 Å². The van der Waals surface area contributed by atoms with E-state index in [2.05, 4.69) is 6.58 Å². The number of imide groups is 1. The quantitative estimate of drug-likeness (QED) is 0.390. The van der Waals surface area contributed by atoms with E-state index in [1.165, 1.54) is 6.92 Å². The molecule has 6 nitrogen and oxygen atoms in total. The first-order valence-corrected chi connectivity index (χ1v) is 5.60. The van der Waals surface area contributed by atoms with E-state index in [0.717, 1.165) is 0 Å². The largest absolute Gasteiger partial charge is 0.365 e. The molecule has 4 atom stereocenters. The maximum absolute atomic E-state index is 12.0. The van der Waals surface area contributed by atoms with E-state index in [9.17, 15) is 14.4 Å². The zero-order valence-electron chi connectivity index (χ0n) is 9.66. The van der Waals surface area contributed by atoms with Gasteiger partial charge >= 0.3 is 5.97 Å². The molecule has 94 valence electrons.